The number of hydrogen-bond donors (Lipinski definition) is 4. The van der Waals surface area contributed by atoms with Crippen LogP contribution >= 0.6 is 0 Å². The van der Waals surface area contributed by atoms with Crippen LogP contribution < -0.4 is 27.0 Å². The van der Waals surface area contributed by atoms with Crippen LogP contribution in [0.1, 0.15) is 53.9 Å². The summed E-state index contributed by atoms with van der Waals surface area (Å²) in [6.45, 7) is 3.38. The van der Waals surface area contributed by atoms with Crippen LogP contribution in [0.2, 0.25) is 0 Å². The minimum absolute atomic E-state index is 0.0669. The first-order valence-electron chi connectivity index (χ1n) is 12.8. The lowest BCUT2D eigenvalue weighted by Gasteiger charge is -2.29. The van der Waals surface area contributed by atoms with Gasteiger partial charge in [-0.25, -0.2) is 4.98 Å². The van der Waals surface area contributed by atoms with Crippen molar-refractivity contribution in [3.05, 3.63) is 65.5 Å². The molecule has 1 amide bonds. The van der Waals surface area contributed by atoms with E-state index in [4.69, 9.17) is 16.2 Å². The third kappa shape index (κ3) is 5.68. The first kappa shape index (κ1) is 24.3. The number of benzene rings is 1. The molecule has 9 nitrogen and oxygen atoms in total. The average molecular weight is 490 g/mol. The topological polar surface area (TPSA) is 131 Å². The molecule has 1 saturated heterocycles. The van der Waals surface area contributed by atoms with Crippen molar-refractivity contribution in [1.82, 2.24) is 9.97 Å². The number of nitrogens with two attached hydrogens (primary N) is 2. The van der Waals surface area contributed by atoms with Crippen molar-refractivity contribution in [3.63, 3.8) is 0 Å². The summed E-state index contributed by atoms with van der Waals surface area (Å²) in [5.74, 6) is 0.551. The van der Waals surface area contributed by atoms with Gasteiger partial charge in [0.25, 0.3) is 5.91 Å². The molecule has 2 fully saturated rings. The lowest BCUT2D eigenvalue weighted by Crippen LogP contribution is -2.43. The molecule has 1 aromatic heterocycles. The molecule has 1 aliphatic heterocycles. The van der Waals surface area contributed by atoms with Gasteiger partial charge in [-0.3, -0.25) is 4.79 Å². The summed E-state index contributed by atoms with van der Waals surface area (Å²) in [7, 11) is 0. The first-order valence-corrected chi connectivity index (χ1v) is 12.8. The molecule has 2 heterocycles. The number of nitrogens with one attached hydrogen (secondary N) is 2. The maximum Gasteiger partial charge on any atom is 0.254 e. The Bertz CT molecular complexity index is 1140. The molecule has 5 rings (SSSR count). The van der Waals surface area contributed by atoms with Crippen LogP contribution in [0.3, 0.4) is 0 Å². The zero-order chi connectivity index (χ0) is 24.9. The van der Waals surface area contributed by atoms with Crippen molar-refractivity contribution in [2.75, 3.05) is 41.8 Å². The van der Waals surface area contributed by atoms with Gasteiger partial charge < -0.3 is 31.7 Å². The van der Waals surface area contributed by atoms with E-state index in [-0.39, 0.29) is 23.6 Å². The average Bonchev–Trinajstić information content (AvgIpc) is 2.91. The zero-order valence-corrected chi connectivity index (χ0v) is 20.5. The van der Waals surface area contributed by atoms with Crippen LogP contribution in [0.4, 0.5) is 17.5 Å². The number of carbonyl (C=O) groups is 1. The molecule has 0 radical (unpaired) electrons. The highest BCUT2D eigenvalue weighted by atomic mass is 16.5. The molecule has 3 atom stereocenters. The number of rotatable bonds is 7. The van der Waals surface area contributed by atoms with E-state index in [2.05, 4.69) is 61.9 Å². The van der Waals surface area contributed by atoms with Gasteiger partial charge >= 0.3 is 0 Å². The largest absolute Gasteiger partial charge is 0.378 e. The maximum atomic E-state index is 12.0. The summed E-state index contributed by atoms with van der Waals surface area (Å²) < 4.78 is 5.49. The second-order valence-corrected chi connectivity index (χ2v) is 9.70. The van der Waals surface area contributed by atoms with Gasteiger partial charge in [0, 0.05) is 48.7 Å². The van der Waals surface area contributed by atoms with Crippen molar-refractivity contribution in [1.29, 1.82) is 0 Å². The van der Waals surface area contributed by atoms with Crippen LogP contribution in [0.15, 0.2) is 54.4 Å². The molecular weight excluding hydrogens is 454 g/mol. The Kier molecular flexibility index (Phi) is 7.48. The van der Waals surface area contributed by atoms with Crippen LogP contribution in [-0.2, 0) is 4.74 Å². The fraction of sp³-hybridized carbons (Fsp3) is 0.444. The highest BCUT2D eigenvalue weighted by Crippen LogP contribution is 2.30. The molecule has 2 aromatic rings. The Hall–Kier alpha value is -3.43. The van der Waals surface area contributed by atoms with Crippen LogP contribution in [0.5, 0.6) is 0 Å². The molecule has 3 aliphatic rings. The summed E-state index contributed by atoms with van der Waals surface area (Å²) in [6, 6.07) is 8.92. The van der Waals surface area contributed by atoms with Crippen LogP contribution in [0.25, 0.3) is 0 Å². The van der Waals surface area contributed by atoms with Gasteiger partial charge in [0.2, 0.25) is 5.95 Å². The number of hydrogen-bond acceptors (Lipinski definition) is 8. The van der Waals surface area contributed by atoms with E-state index in [0.717, 1.165) is 64.1 Å². The summed E-state index contributed by atoms with van der Waals surface area (Å²) in [5, 5.41) is 6.63. The van der Waals surface area contributed by atoms with Gasteiger partial charge in [-0.15, -0.1) is 0 Å². The van der Waals surface area contributed by atoms with Crippen molar-refractivity contribution in [3.8, 4) is 0 Å². The predicted octanol–water partition coefficient (Wildman–Crippen LogP) is 3.13. The van der Waals surface area contributed by atoms with Gasteiger partial charge in [0.1, 0.15) is 11.4 Å². The fourth-order valence-corrected chi connectivity index (χ4v) is 5.10. The Labute approximate surface area is 212 Å². The number of carbonyl (C=O) groups excluding carboxylic acids is 1. The summed E-state index contributed by atoms with van der Waals surface area (Å²) in [4.78, 5) is 23.3. The van der Waals surface area contributed by atoms with Gasteiger partial charge in [-0.2, -0.15) is 4.98 Å². The molecule has 2 unspecified atom stereocenters. The number of nitrogens with zero attached hydrogens (tertiary/aromatic N) is 3. The van der Waals surface area contributed by atoms with E-state index >= 15 is 0 Å². The molecule has 0 bridgehead atoms. The quantitative estimate of drug-likeness (QED) is 0.467. The standard InChI is InChI=1S/C27H35N7O2/c28-23-6-1-2-7-24(23)32-27-30-17-22(25(29)35)26(33-27)31-20-10-8-18(9-11-20)19-4-3-5-21(16-19)34-12-14-36-15-13-34/h3-5,8,10-11,16-18,23-24H,1-2,6-7,9,12-15,28H2,(H2,29,35)(H2,30,31,32,33)/t18?,23?,24-/m1/s1. The number of ether oxygens (including phenoxy) is 1. The maximum absolute atomic E-state index is 12.0. The van der Waals surface area contributed by atoms with Crippen LogP contribution in [0, 0.1) is 0 Å². The highest BCUT2D eigenvalue weighted by Gasteiger charge is 2.23. The van der Waals surface area contributed by atoms with Crippen molar-refractivity contribution >= 4 is 23.4 Å². The number of primary amides is 1. The predicted molar refractivity (Wildman–Crippen MR) is 142 cm³/mol. The van der Waals surface area contributed by atoms with Crippen molar-refractivity contribution in [2.45, 2.75) is 50.1 Å². The molecule has 1 aromatic carbocycles. The molecule has 190 valence electrons. The van der Waals surface area contributed by atoms with Gasteiger partial charge in [-0.05, 0) is 43.0 Å². The molecule has 36 heavy (non-hydrogen) atoms. The molecule has 2 aliphatic carbocycles. The van der Waals surface area contributed by atoms with Gasteiger partial charge in [-0.1, -0.05) is 37.1 Å². The Morgan fingerprint density at radius 2 is 2.00 bits per heavy atom. The van der Waals surface area contributed by atoms with E-state index in [9.17, 15) is 4.79 Å². The van der Waals surface area contributed by atoms with E-state index in [0.29, 0.717) is 11.8 Å². The molecule has 1 saturated carbocycles. The Balaban J connectivity index is 1.27. The number of anilines is 3. The smallest absolute Gasteiger partial charge is 0.254 e. The third-order valence-corrected chi connectivity index (χ3v) is 7.23. The minimum atomic E-state index is -0.573. The van der Waals surface area contributed by atoms with E-state index in [1.807, 2.05) is 6.08 Å². The van der Waals surface area contributed by atoms with Crippen LogP contribution in [-0.4, -0.2) is 54.3 Å². The normalized spacial score (nSPS) is 24.2. The fourth-order valence-electron chi connectivity index (χ4n) is 5.10. The summed E-state index contributed by atoms with van der Waals surface area (Å²) >= 11 is 0. The van der Waals surface area contributed by atoms with E-state index < -0.39 is 5.91 Å². The van der Waals surface area contributed by atoms with E-state index in [1.165, 1.54) is 17.4 Å². The van der Waals surface area contributed by atoms with Gasteiger partial charge in [0.05, 0.1) is 13.2 Å². The molecular formula is C27H35N7O2. The lowest BCUT2D eigenvalue weighted by molar-refractivity contribution is 0.100. The number of allylic oxidation sites excluding steroid dienone is 3. The third-order valence-electron chi connectivity index (χ3n) is 7.23. The molecule has 0 spiro atoms. The Morgan fingerprint density at radius 1 is 1.17 bits per heavy atom. The zero-order valence-electron chi connectivity index (χ0n) is 20.5. The minimum Gasteiger partial charge on any atom is -0.378 e. The summed E-state index contributed by atoms with van der Waals surface area (Å²) in [5.41, 5.74) is 15.5. The Morgan fingerprint density at radius 3 is 2.75 bits per heavy atom. The second kappa shape index (κ2) is 11.1. The SMILES string of the molecule is NC(=O)c1cnc(N[C@@H]2CCCCC2N)nc1NC1=CCC(c2cccc(N3CCOCC3)c2)C=C1. The number of aromatic nitrogens is 2. The lowest BCUT2D eigenvalue weighted by atomic mass is 9.91. The van der Waals surface area contributed by atoms with E-state index in [1.54, 1.807) is 0 Å². The molecule has 9 heteroatoms. The summed E-state index contributed by atoms with van der Waals surface area (Å²) in [6.07, 6.45) is 12.9. The highest BCUT2D eigenvalue weighted by molar-refractivity contribution is 5.97. The van der Waals surface area contributed by atoms with Crippen molar-refractivity contribution in [2.24, 2.45) is 11.5 Å². The monoisotopic (exact) mass is 489 g/mol. The van der Waals surface area contributed by atoms with Crippen molar-refractivity contribution < 1.29 is 9.53 Å². The number of morpholine rings is 1. The van der Waals surface area contributed by atoms with Gasteiger partial charge in [0.15, 0.2) is 0 Å². The second-order valence-electron chi connectivity index (χ2n) is 9.70. The molecule has 6 N–H and O–H groups in total. The first-order chi connectivity index (χ1) is 17.6. The number of amides is 1.